The van der Waals surface area contributed by atoms with Gasteiger partial charge in [-0.25, -0.2) is 4.79 Å². The van der Waals surface area contributed by atoms with Crippen LogP contribution in [0.3, 0.4) is 0 Å². The highest BCUT2D eigenvalue weighted by Crippen LogP contribution is 2.21. The standard InChI is InChI=1S/C12H9N3O2/c1-7-13-14-11-9(12(16)17)6-8-4-2-3-5-10(8)15(7)11/h2-6H,1H3,(H,16,17). The molecule has 5 heteroatoms. The van der Waals surface area contributed by atoms with Gasteiger partial charge in [0.15, 0.2) is 5.65 Å². The summed E-state index contributed by atoms with van der Waals surface area (Å²) in [5.41, 5.74) is 1.47. The SMILES string of the molecule is Cc1nnc2c(C(=O)O)cc3ccccc3n12. The Morgan fingerprint density at radius 1 is 1.29 bits per heavy atom. The second-order valence-electron chi connectivity index (χ2n) is 3.83. The molecule has 0 aliphatic rings. The molecule has 2 aromatic heterocycles. The van der Waals surface area contributed by atoms with Crippen molar-refractivity contribution in [2.75, 3.05) is 0 Å². The Morgan fingerprint density at radius 3 is 2.82 bits per heavy atom. The van der Waals surface area contributed by atoms with Crippen molar-refractivity contribution >= 4 is 22.5 Å². The lowest BCUT2D eigenvalue weighted by molar-refractivity contribution is 0.0698. The van der Waals surface area contributed by atoms with E-state index in [1.807, 2.05) is 24.3 Å². The molecular weight excluding hydrogens is 218 g/mol. The molecule has 0 saturated heterocycles. The van der Waals surface area contributed by atoms with E-state index < -0.39 is 5.97 Å². The third-order valence-corrected chi connectivity index (χ3v) is 2.77. The predicted molar refractivity (Wildman–Crippen MR) is 62.2 cm³/mol. The first-order valence-corrected chi connectivity index (χ1v) is 5.15. The highest BCUT2D eigenvalue weighted by Gasteiger charge is 2.15. The number of pyridine rings is 1. The first-order valence-electron chi connectivity index (χ1n) is 5.15. The zero-order chi connectivity index (χ0) is 12.0. The molecule has 5 nitrogen and oxygen atoms in total. The minimum atomic E-state index is -0.992. The van der Waals surface area contributed by atoms with E-state index in [-0.39, 0.29) is 5.56 Å². The fourth-order valence-electron chi connectivity index (χ4n) is 2.02. The normalized spacial score (nSPS) is 11.1. The largest absolute Gasteiger partial charge is 0.478 e. The third-order valence-electron chi connectivity index (χ3n) is 2.77. The smallest absolute Gasteiger partial charge is 0.339 e. The van der Waals surface area contributed by atoms with Gasteiger partial charge in [0.2, 0.25) is 0 Å². The molecule has 2 heterocycles. The number of nitrogens with zero attached hydrogens (tertiary/aromatic N) is 3. The van der Waals surface area contributed by atoms with Crippen LogP contribution in [0.5, 0.6) is 0 Å². The number of para-hydroxylation sites is 1. The van der Waals surface area contributed by atoms with Crippen LogP contribution in [-0.2, 0) is 0 Å². The van der Waals surface area contributed by atoms with Crippen molar-refractivity contribution in [1.29, 1.82) is 0 Å². The number of carboxylic acids is 1. The second-order valence-corrected chi connectivity index (χ2v) is 3.83. The molecule has 0 amide bonds. The van der Waals surface area contributed by atoms with Crippen LogP contribution in [0.25, 0.3) is 16.6 Å². The van der Waals surface area contributed by atoms with Crippen LogP contribution < -0.4 is 0 Å². The van der Waals surface area contributed by atoms with Gasteiger partial charge in [-0.2, -0.15) is 0 Å². The molecule has 1 aromatic carbocycles. The van der Waals surface area contributed by atoms with Gasteiger partial charge in [0, 0.05) is 0 Å². The molecule has 0 radical (unpaired) electrons. The van der Waals surface area contributed by atoms with Gasteiger partial charge in [-0.15, -0.1) is 10.2 Å². The number of carboxylic acid groups (broad SMARTS) is 1. The molecule has 84 valence electrons. The van der Waals surface area contributed by atoms with Gasteiger partial charge < -0.3 is 5.11 Å². The maximum absolute atomic E-state index is 11.2. The number of rotatable bonds is 1. The summed E-state index contributed by atoms with van der Waals surface area (Å²) in [6, 6.07) is 9.20. The topological polar surface area (TPSA) is 67.5 Å². The Morgan fingerprint density at radius 2 is 2.06 bits per heavy atom. The molecule has 0 spiro atoms. The monoisotopic (exact) mass is 227 g/mol. The van der Waals surface area contributed by atoms with Crippen LogP contribution in [0, 0.1) is 6.92 Å². The first kappa shape index (κ1) is 9.77. The summed E-state index contributed by atoms with van der Waals surface area (Å²) in [5.74, 6) is -0.313. The number of aromatic carboxylic acids is 1. The summed E-state index contributed by atoms with van der Waals surface area (Å²) in [6.07, 6.45) is 0. The number of carbonyl (C=O) groups is 1. The molecule has 1 N–H and O–H groups in total. The van der Waals surface area contributed by atoms with Crippen LogP contribution >= 0.6 is 0 Å². The van der Waals surface area contributed by atoms with Crippen molar-refractivity contribution in [2.45, 2.75) is 6.92 Å². The van der Waals surface area contributed by atoms with Gasteiger partial charge in [-0.3, -0.25) is 4.40 Å². The minimum absolute atomic E-state index is 0.171. The Labute approximate surface area is 96.3 Å². The number of benzene rings is 1. The van der Waals surface area contributed by atoms with Crippen molar-refractivity contribution in [2.24, 2.45) is 0 Å². The number of hydrogen-bond acceptors (Lipinski definition) is 3. The molecule has 0 aliphatic heterocycles. The van der Waals surface area contributed by atoms with Crippen molar-refractivity contribution in [3.8, 4) is 0 Å². The van der Waals surface area contributed by atoms with Crippen molar-refractivity contribution in [3.63, 3.8) is 0 Å². The third kappa shape index (κ3) is 1.29. The molecule has 3 aromatic rings. The maximum Gasteiger partial charge on any atom is 0.339 e. The van der Waals surface area contributed by atoms with E-state index >= 15 is 0 Å². The van der Waals surface area contributed by atoms with Gasteiger partial charge in [0.05, 0.1) is 5.52 Å². The number of aromatic nitrogens is 3. The molecule has 0 atom stereocenters. The second kappa shape index (κ2) is 3.28. The molecule has 0 bridgehead atoms. The Kier molecular flexibility index (Phi) is 1.89. The molecule has 0 unspecified atom stereocenters. The average Bonchev–Trinajstić information content (AvgIpc) is 2.71. The van der Waals surface area contributed by atoms with Crippen molar-refractivity contribution in [3.05, 3.63) is 41.7 Å². The minimum Gasteiger partial charge on any atom is -0.478 e. The molecule has 17 heavy (non-hydrogen) atoms. The van der Waals surface area contributed by atoms with E-state index in [0.717, 1.165) is 10.9 Å². The highest BCUT2D eigenvalue weighted by atomic mass is 16.4. The summed E-state index contributed by atoms with van der Waals surface area (Å²) >= 11 is 0. The van der Waals surface area contributed by atoms with Crippen LogP contribution in [0.4, 0.5) is 0 Å². The van der Waals surface area contributed by atoms with E-state index in [1.165, 1.54) is 0 Å². The Hall–Kier alpha value is -2.43. The Bertz CT molecular complexity index is 746. The summed E-state index contributed by atoms with van der Waals surface area (Å²) in [6.45, 7) is 1.80. The van der Waals surface area contributed by atoms with Crippen LogP contribution in [0.2, 0.25) is 0 Å². The molecule has 3 rings (SSSR count). The van der Waals surface area contributed by atoms with Crippen LogP contribution in [-0.4, -0.2) is 25.7 Å². The first-order chi connectivity index (χ1) is 8.18. The lowest BCUT2D eigenvalue weighted by atomic mass is 10.1. The quantitative estimate of drug-likeness (QED) is 0.689. The highest BCUT2D eigenvalue weighted by molar-refractivity contribution is 5.99. The Balaban J connectivity index is 2.61. The van der Waals surface area contributed by atoms with E-state index in [9.17, 15) is 9.90 Å². The van der Waals surface area contributed by atoms with E-state index in [2.05, 4.69) is 10.2 Å². The summed E-state index contributed by atoms with van der Waals surface area (Å²) in [7, 11) is 0. The number of hydrogen-bond donors (Lipinski definition) is 1. The van der Waals surface area contributed by atoms with E-state index in [1.54, 1.807) is 17.4 Å². The zero-order valence-corrected chi connectivity index (χ0v) is 9.08. The molecule has 0 saturated carbocycles. The lowest BCUT2D eigenvalue weighted by Crippen LogP contribution is -2.02. The maximum atomic E-state index is 11.2. The van der Waals surface area contributed by atoms with Gasteiger partial charge in [0.25, 0.3) is 0 Å². The number of fused-ring (bicyclic) bond motifs is 3. The number of aryl methyl sites for hydroxylation is 1. The van der Waals surface area contributed by atoms with Gasteiger partial charge in [-0.1, -0.05) is 18.2 Å². The molecular formula is C12H9N3O2. The summed E-state index contributed by atoms with van der Waals surface area (Å²) in [4.78, 5) is 11.2. The molecule has 0 aliphatic carbocycles. The van der Waals surface area contributed by atoms with Crippen LogP contribution in [0.15, 0.2) is 30.3 Å². The summed E-state index contributed by atoms with van der Waals surface area (Å²) in [5, 5.41) is 17.9. The molecule has 0 fully saturated rings. The fourth-order valence-corrected chi connectivity index (χ4v) is 2.02. The average molecular weight is 227 g/mol. The fraction of sp³-hybridized carbons (Fsp3) is 0.0833. The zero-order valence-electron chi connectivity index (χ0n) is 9.08. The lowest BCUT2D eigenvalue weighted by Gasteiger charge is -2.05. The van der Waals surface area contributed by atoms with Gasteiger partial charge in [0.1, 0.15) is 11.4 Å². The van der Waals surface area contributed by atoms with Gasteiger partial charge in [-0.05, 0) is 24.4 Å². The van der Waals surface area contributed by atoms with E-state index in [4.69, 9.17) is 0 Å². The van der Waals surface area contributed by atoms with Crippen molar-refractivity contribution in [1.82, 2.24) is 14.6 Å². The van der Waals surface area contributed by atoms with E-state index in [0.29, 0.717) is 11.5 Å². The summed E-state index contributed by atoms with van der Waals surface area (Å²) < 4.78 is 1.76. The van der Waals surface area contributed by atoms with Gasteiger partial charge >= 0.3 is 5.97 Å². The van der Waals surface area contributed by atoms with Crippen molar-refractivity contribution < 1.29 is 9.90 Å². The predicted octanol–water partition coefficient (Wildman–Crippen LogP) is 1.89. The van der Waals surface area contributed by atoms with Crippen LogP contribution in [0.1, 0.15) is 16.2 Å².